The van der Waals surface area contributed by atoms with Gasteiger partial charge >= 0.3 is 0 Å². The van der Waals surface area contributed by atoms with E-state index in [9.17, 15) is 14.4 Å². The molecule has 2 rings (SSSR count). The van der Waals surface area contributed by atoms with Gasteiger partial charge in [0.1, 0.15) is 0 Å². The lowest BCUT2D eigenvalue weighted by molar-refractivity contribution is -0.143. The van der Waals surface area contributed by atoms with Crippen molar-refractivity contribution < 1.29 is 14.4 Å². The van der Waals surface area contributed by atoms with E-state index in [4.69, 9.17) is 11.5 Å². The maximum absolute atomic E-state index is 11.9. The molecule has 1 atom stereocenters. The second-order valence-corrected chi connectivity index (χ2v) is 5.86. The maximum Gasteiger partial charge on any atom is 0.237 e. The first-order valence-electron chi connectivity index (χ1n) is 7.05. The van der Waals surface area contributed by atoms with Crippen LogP contribution in [-0.2, 0) is 14.4 Å². The van der Waals surface area contributed by atoms with Gasteiger partial charge in [0.25, 0.3) is 0 Å². The number of hydrogen-bond acceptors (Lipinski definition) is 4. The van der Waals surface area contributed by atoms with Gasteiger partial charge in [-0.1, -0.05) is 0 Å². The maximum atomic E-state index is 11.9. The molecule has 0 unspecified atom stereocenters. The average molecular weight is 316 g/mol. The Morgan fingerprint density at radius 2 is 2.00 bits per heavy atom. The smallest absolute Gasteiger partial charge is 0.237 e. The quantitative estimate of drug-likeness (QED) is 0.478. The van der Waals surface area contributed by atoms with Crippen molar-refractivity contribution in [2.24, 2.45) is 16.9 Å². The minimum atomic E-state index is -0.703. The molecule has 120 valence electrons. The molecule has 1 aliphatic carbocycles. The Kier molecular flexibility index (Phi) is 6.03. The molecule has 1 aliphatic heterocycles. The van der Waals surface area contributed by atoms with Crippen LogP contribution in [0.4, 0.5) is 0 Å². The van der Waals surface area contributed by atoms with Gasteiger partial charge in [0.15, 0.2) is 0 Å². The highest BCUT2D eigenvalue weighted by Crippen LogP contribution is 2.40. The van der Waals surface area contributed by atoms with Crippen LogP contribution < -0.4 is 22.1 Å². The minimum Gasteiger partial charge on any atom is -0.370 e. The Balaban J connectivity index is 0.00000220. The van der Waals surface area contributed by atoms with Crippen molar-refractivity contribution in [3.05, 3.63) is 0 Å². The van der Waals surface area contributed by atoms with Gasteiger partial charge in [0.2, 0.25) is 17.7 Å². The van der Waals surface area contributed by atoms with Gasteiger partial charge in [0.05, 0.1) is 11.5 Å². The topological polar surface area (TPSA) is 127 Å². The molecule has 7 nitrogen and oxygen atoms in total. The number of nitrogens with one attached hydrogen (secondary N) is 2. The number of rotatable bonds is 5. The molecular formula is C13H24N4O3S. The first kappa shape index (κ1) is 17.8. The summed E-state index contributed by atoms with van der Waals surface area (Å²) >= 11 is 0. The number of carbonyl (C=O) groups excluding carboxylic acids is 3. The number of amides is 3. The first-order chi connectivity index (χ1) is 9.43. The van der Waals surface area contributed by atoms with E-state index >= 15 is 0 Å². The molecule has 21 heavy (non-hydrogen) atoms. The van der Waals surface area contributed by atoms with Crippen LogP contribution in [0.1, 0.15) is 38.5 Å². The molecule has 2 aliphatic rings. The van der Waals surface area contributed by atoms with Crippen molar-refractivity contribution in [2.75, 3.05) is 6.54 Å². The summed E-state index contributed by atoms with van der Waals surface area (Å²) in [5.74, 6) is -0.561. The highest BCUT2D eigenvalue weighted by atomic mass is 32.1. The van der Waals surface area contributed by atoms with Crippen molar-refractivity contribution in [3.63, 3.8) is 0 Å². The average Bonchev–Trinajstić information content (AvgIpc) is 2.43. The lowest BCUT2D eigenvalue weighted by Gasteiger charge is -2.45. The van der Waals surface area contributed by atoms with Gasteiger partial charge in [0, 0.05) is 19.0 Å². The molecular weight excluding hydrogens is 292 g/mol. The summed E-state index contributed by atoms with van der Waals surface area (Å²) in [6.07, 6.45) is 3.58. The molecule has 1 heterocycles. The molecule has 0 bridgehead atoms. The van der Waals surface area contributed by atoms with Crippen LogP contribution in [0.3, 0.4) is 0 Å². The summed E-state index contributed by atoms with van der Waals surface area (Å²) in [7, 11) is 0. The predicted octanol–water partition coefficient (Wildman–Crippen LogP) is -1.13. The molecule has 1 spiro atoms. The summed E-state index contributed by atoms with van der Waals surface area (Å²) in [5, 5.41) is 5.68. The van der Waals surface area contributed by atoms with Crippen LogP contribution in [0.5, 0.6) is 0 Å². The van der Waals surface area contributed by atoms with Crippen LogP contribution in [0, 0.1) is 5.41 Å². The zero-order valence-corrected chi connectivity index (χ0v) is 13.0. The molecule has 0 radical (unpaired) electrons. The molecule has 6 N–H and O–H groups in total. The van der Waals surface area contributed by atoms with E-state index in [0.29, 0.717) is 0 Å². The van der Waals surface area contributed by atoms with E-state index < -0.39 is 11.9 Å². The second kappa shape index (κ2) is 7.13. The van der Waals surface area contributed by atoms with E-state index in [1.54, 1.807) is 0 Å². The van der Waals surface area contributed by atoms with Gasteiger partial charge in [-0.15, -0.1) is 0 Å². The highest BCUT2D eigenvalue weighted by Gasteiger charge is 2.48. The molecule has 0 aromatic carbocycles. The standard InChI is InChI=1S/C13H22N4O3.H2S/c14-9(1-2-10(15)18)11(19)17-8-3-5-13(6-4-8)7-16-12(13)20;/h8-9H,1-7,14H2,(H2,15,18)(H,16,20)(H,17,19);1H2/t8?,9-,13?;/m0./s1. The third kappa shape index (κ3) is 4.10. The Labute approximate surface area is 131 Å². The van der Waals surface area contributed by atoms with E-state index in [-0.39, 0.29) is 49.6 Å². The van der Waals surface area contributed by atoms with Crippen molar-refractivity contribution in [1.82, 2.24) is 10.6 Å². The van der Waals surface area contributed by atoms with Gasteiger partial charge in [-0.3, -0.25) is 14.4 Å². The lowest BCUT2D eigenvalue weighted by atomic mass is 9.68. The zero-order valence-electron chi connectivity index (χ0n) is 12.0. The normalized spacial score (nSPS) is 28.8. The van der Waals surface area contributed by atoms with Gasteiger partial charge in [-0.05, 0) is 32.1 Å². The number of nitrogens with two attached hydrogens (primary N) is 2. The molecule has 1 saturated heterocycles. The highest BCUT2D eigenvalue weighted by molar-refractivity contribution is 7.59. The summed E-state index contributed by atoms with van der Waals surface area (Å²) in [4.78, 5) is 34.1. The van der Waals surface area contributed by atoms with E-state index in [1.807, 2.05) is 0 Å². The van der Waals surface area contributed by atoms with Gasteiger partial charge in [-0.25, -0.2) is 0 Å². The molecule has 3 amide bonds. The van der Waals surface area contributed by atoms with Gasteiger partial charge in [-0.2, -0.15) is 13.5 Å². The van der Waals surface area contributed by atoms with E-state index in [1.165, 1.54) is 0 Å². The monoisotopic (exact) mass is 316 g/mol. The zero-order chi connectivity index (χ0) is 14.8. The summed E-state index contributed by atoms with van der Waals surface area (Å²) < 4.78 is 0. The summed E-state index contributed by atoms with van der Waals surface area (Å²) in [5.41, 5.74) is 10.6. The SMILES string of the molecule is NC(=O)CC[C@H](N)C(=O)NC1CCC2(CC1)CNC2=O.S. The largest absolute Gasteiger partial charge is 0.370 e. The molecule has 8 heteroatoms. The minimum absolute atomic E-state index is 0. The Hall–Kier alpha value is -1.28. The number of β-lactam (4-membered cyclic amide) rings is 1. The fraction of sp³-hybridized carbons (Fsp3) is 0.769. The van der Waals surface area contributed by atoms with E-state index in [2.05, 4.69) is 10.6 Å². The third-order valence-electron chi connectivity index (χ3n) is 4.40. The molecule has 2 fully saturated rings. The Morgan fingerprint density at radius 1 is 1.38 bits per heavy atom. The van der Waals surface area contributed by atoms with Crippen LogP contribution >= 0.6 is 13.5 Å². The van der Waals surface area contributed by atoms with E-state index in [0.717, 1.165) is 32.2 Å². The summed E-state index contributed by atoms with van der Waals surface area (Å²) in [6, 6.07) is -0.633. The van der Waals surface area contributed by atoms with Crippen molar-refractivity contribution in [1.29, 1.82) is 0 Å². The Bertz CT molecular complexity index is 422. The fourth-order valence-corrected chi connectivity index (χ4v) is 2.87. The molecule has 0 aromatic rings. The Morgan fingerprint density at radius 3 is 2.43 bits per heavy atom. The van der Waals surface area contributed by atoms with Crippen LogP contribution in [0.15, 0.2) is 0 Å². The second-order valence-electron chi connectivity index (χ2n) is 5.86. The predicted molar refractivity (Wildman–Crippen MR) is 82.6 cm³/mol. The van der Waals surface area contributed by atoms with Crippen LogP contribution in [0.25, 0.3) is 0 Å². The molecule has 1 saturated carbocycles. The number of primary amides is 1. The molecule has 0 aromatic heterocycles. The lowest BCUT2D eigenvalue weighted by Crippen LogP contribution is -2.61. The fourth-order valence-electron chi connectivity index (χ4n) is 2.87. The van der Waals surface area contributed by atoms with Crippen LogP contribution in [0.2, 0.25) is 0 Å². The van der Waals surface area contributed by atoms with Gasteiger partial charge < -0.3 is 22.1 Å². The van der Waals surface area contributed by atoms with Crippen molar-refractivity contribution in [2.45, 2.75) is 50.6 Å². The first-order valence-corrected chi connectivity index (χ1v) is 7.05. The van der Waals surface area contributed by atoms with Crippen molar-refractivity contribution in [3.8, 4) is 0 Å². The number of carbonyl (C=O) groups is 3. The summed E-state index contributed by atoms with van der Waals surface area (Å²) in [6.45, 7) is 0.755. The van der Waals surface area contributed by atoms with Crippen LogP contribution in [-0.4, -0.2) is 36.3 Å². The number of hydrogen-bond donors (Lipinski definition) is 4. The third-order valence-corrected chi connectivity index (χ3v) is 4.40. The van der Waals surface area contributed by atoms with Crippen molar-refractivity contribution >= 4 is 31.2 Å².